The van der Waals surface area contributed by atoms with E-state index in [2.05, 4.69) is 45.1 Å². The zero-order chi connectivity index (χ0) is 12.8. The van der Waals surface area contributed by atoms with Gasteiger partial charge in [0.1, 0.15) is 5.78 Å². The number of rotatable bonds is 1. The Morgan fingerprint density at radius 1 is 1.41 bits per heavy atom. The fourth-order valence-corrected chi connectivity index (χ4v) is 3.06. The number of hydrazone groups is 1. The fraction of sp³-hybridized carbons (Fsp3) is 0.857. The van der Waals surface area contributed by atoms with Crippen LogP contribution < -0.4 is 5.43 Å². The third-order valence-electron chi connectivity index (χ3n) is 3.62. The number of ketones is 1. The van der Waals surface area contributed by atoms with Gasteiger partial charge < -0.3 is 5.43 Å². The van der Waals surface area contributed by atoms with Gasteiger partial charge in [-0.3, -0.25) is 4.79 Å². The van der Waals surface area contributed by atoms with Crippen LogP contribution in [0.25, 0.3) is 0 Å². The molecule has 2 atom stereocenters. The molecule has 3 nitrogen and oxygen atoms in total. The molecule has 1 N–H and O–H groups in total. The number of fused-ring (bicyclic) bond motifs is 1. The molecule has 2 aliphatic rings. The molecule has 1 saturated carbocycles. The summed E-state index contributed by atoms with van der Waals surface area (Å²) in [5.41, 5.74) is 4.58. The minimum atomic E-state index is 0.0437. The lowest BCUT2D eigenvalue weighted by molar-refractivity contribution is -0.126. The standard InChI is InChI=1S/C14H24N2O/c1-13(2,3)6-9-12-10(16-15-9)7-14(4,5)8-11(12)17/h10,12,16H,6-8H2,1-5H3. The number of carbonyl (C=O) groups excluding carboxylic acids is 1. The van der Waals surface area contributed by atoms with Crippen LogP contribution in [0.1, 0.15) is 53.9 Å². The van der Waals surface area contributed by atoms with Crippen LogP contribution in [-0.4, -0.2) is 17.5 Å². The Kier molecular flexibility index (Phi) is 2.83. The summed E-state index contributed by atoms with van der Waals surface area (Å²) in [6, 6.07) is 0.239. The van der Waals surface area contributed by atoms with Gasteiger partial charge >= 0.3 is 0 Å². The van der Waals surface area contributed by atoms with Crippen LogP contribution in [0.4, 0.5) is 0 Å². The van der Waals surface area contributed by atoms with Crippen molar-refractivity contribution in [3.05, 3.63) is 0 Å². The summed E-state index contributed by atoms with van der Waals surface area (Å²) in [6.07, 6.45) is 2.65. The topological polar surface area (TPSA) is 41.5 Å². The number of Topliss-reactive ketones (excluding diaryl/α,β-unsaturated/α-hetero) is 1. The van der Waals surface area contributed by atoms with Gasteiger partial charge in [0.2, 0.25) is 0 Å². The summed E-state index contributed by atoms with van der Waals surface area (Å²) >= 11 is 0. The van der Waals surface area contributed by atoms with Crippen LogP contribution in [0, 0.1) is 16.7 Å². The summed E-state index contributed by atoms with van der Waals surface area (Å²) in [5.74, 6) is 0.418. The van der Waals surface area contributed by atoms with Crippen molar-refractivity contribution in [3.63, 3.8) is 0 Å². The van der Waals surface area contributed by atoms with Crippen LogP contribution in [0.5, 0.6) is 0 Å². The number of nitrogens with zero attached hydrogens (tertiary/aromatic N) is 1. The van der Waals surface area contributed by atoms with Crippen molar-refractivity contribution < 1.29 is 4.79 Å². The zero-order valence-corrected chi connectivity index (χ0v) is 11.6. The lowest BCUT2D eigenvalue weighted by atomic mass is 9.67. The molecule has 0 bridgehead atoms. The minimum Gasteiger partial charge on any atom is -0.306 e. The maximum absolute atomic E-state index is 12.3. The number of hydrogen-bond donors (Lipinski definition) is 1. The Balaban J connectivity index is 2.14. The van der Waals surface area contributed by atoms with E-state index in [9.17, 15) is 4.79 Å². The van der Waals surface area contributed by atoms with Crippen molar-refractivity contribution in [2.45, 2.75) is 59.9 Å². The van der Waals surface area contributed by atoms with E-state index in [1.165, 1.54) is 0 Å². The van der Waals surface area contributed by atoms with Gasteiger partial charge in [0.25, 0.3) is 0 Å². The van der Waals surface area contributed by atoms with Crippen molar-refractivity contribution in [1.82, 2.24) is 5.43 Å². The van der Waals surface area contributed by atoms with E-state index in [4.69, 9.17) is 0 Å². The van der Waals surface area contributed by atoms with Crippen molar-refractivity contribution in [2.75, 3.05) is 0 Å². The van der Waals surface area contributed by atoms with E-state index in [0.29, 0.717) is 12.2 Å². The second-order valence-electron chi connectivity index (χ2n) is 7.57. The van der Waals surface area contributed by atoms with E-state index < -0.39 is 0 Å². The van der Waals surface area contributed by atoms with Crippen LogP contribution in [-0.2, 0) is 4.79 Å². The quantitative estimate of drug-likeness (QED) is 0.760. The number of hydrogen-bond acceptors (Lipinski definition) is 3. The highest BCUT2D eigenvalue weighted by atomic mass is 16.1. The minimum absolute atomic E-state index is 0.0437. The maximum Gasteiger partial charge on any atom is 0.144 e. The van der Waals surface area contributed by atoms with Gasteiger partial charge in [-0.2, -0.15) is 5.10 Å². The molecule has 1 fully saturated rings. The lowest BCUT2D eigenvalue weighted by Gasteiger charge is -2.36. The molecular weight excluding hydrogens is 212 g/mol. The molecule has 1 aliphatic carbocycles. The third kappa shape index (κ3) is 2.70. The van der Waals surface area contributed by atoms with Crippen LogP contribution in [0.3, 0.4) is 0 Å². The second-order valence-corrected chi connectivity index (χ2v) is 7.57. The van der Waals surface area contributed by atoms with E-state index in [1.807, 2.05) is 0 Å². The van der Waals surface area contributed by atoms with Crippen molar-refractivity contribution in [3.8, 4) is 0 Å². The molecule has 3 heteroatoms. The van der Waals surface area contributed by atoms with Gasteiger partial charge in [-0.05, 0) is 23.7 Å². The number of nitrogens with one attached hydrogen (secondary N) is 1. The third-order valence-corrected chi connectivity index (χ3v) is 3.62. The van der Waals surface area contributed by atoms with Crippen LogP contribution in [0.2, 0.25) is 0 Å². The SMILES string of the molecule is CC(C)(C)CC1=NNC2CC(C)(C)CC(=O)C12. The largest absolute Gasteiger partial charge is 0.306 e. The fourth-order valence-electron chi connectivity index (χ4n) is 3.06. The summed E-state index contributed by atoms with van der Waals surface area (Å²) in [4.78, 5) is 12.3. The molecule has 0 aromatic rings. The first kappa shape index (κ1) is 12.6. The predicted octanol–water partition coefficient (Wildman–Crippen LogP) is 2.76. The average molecular weight is 236 g/mol. The Bertz CT molecular complexity index is 363. The monoisotopic (exact) mass is 236 g/mol. The Labute approximate surface area is 104 Å². The summed E-state index contributed by atoms with van der Waals surface area (Å²) in [5, 5.41) is 4.43. The van der Waals surface area contributed by atoms with E-state index >= 15 is 0 Å². The average Bonchev–Trinajstić information content (AvgIpc) is 2.42. The van der Waals surface area contributed by atoms with Gasteiger partial charge in [0, 0.05) is 6.42 Å². The summed E-state index contributed by atoms with van der Waals surface area (Å²) < 4.78 is 0. The molecule has 1 heterocycles. The molecule has 0 amide bonds. The Morgan fingerprint density at radius 3 is 2.65 bits per heavy atom. The number of carbonyl (C=O) groups is 1. The lowest BCUT2D eigenvalue weighted by Crippen LogP contribution is -2.45. The Hall–Kier alpha value is -0.860. The highest BCUT2D eigenvalue weighted by molar-refractivity contribution is 6.07. The summed E-state index contributed by atoms with van der Waals surface area (Å²) in [6.45, 7) is 10.9. The van der Waals surface area contributed by atoms with Gasteiger partial charge in [0.15, 0.2) is 0 Å². The summed E-state index contributed by atoms with van der Waals surface area (Å²) in [7, 11) is 0. The molecule has 0 radical (unpaired) electrons. The van der Waals surface area contributed by atoms with E-state index in [0.717, 1.165) is 18.6 Å². The molecule has 2 unspecified atom stereocenters. The van der Waals surface area contributed by atoms with E-state index in [-0.39, 0.29) is 22.8 Å². The molecule has 0 aromatic heterocycles. The molecule has 1 aliphatic heterocycles. The molecule has 2 rings (SSSR count). The maximum atomic E-state index is 12.3. The second kappa shape index (κ2) is 3.82. The first-order valence-corrected chi connectivity index (χ1v) is 6.53. The molecule has 0 saturated heterocycles. The van der Waals surface area contributed by atoms with Gasteiger partial charge in [-0.1, -0.05) is 34.6 Å². The molecule has 0 aromatic carbocycles. The molecular formula is C14H24N2O. The highest BCUT2D eigenvalue weighted by Crippen LogP contribution is 2.40. The van der Waals surface area contributed by atoms with Crippen molar-refractivity contribution in [2.24, 2.45) is 21.8 Å². The van der Waals surface area contributed by atoms with E-state index in [1.54, 1.807) is 0 Å². The normalized spacial score (nSPS) is 31.8. The zero-order valence-electron chi connectivity index (χ0n) is 11.6. The smallest absolute Gasteiger partial charge is 0.144 e. The van der Waals surface area contributed by atoms with Gasteiger partial charge in [-0.25, -0.2) is 0 Å². The predicted molar refractivity (Wildman–Crippen MR) is 69.9 cm³/mol. The molecule has 96 valence electrons. The van der Waals surface area contributed by atoms with Crippen molar-refractivity contribution >= 4 is 11.5 Å². The Morgan fingerprint density at radius 2 is 2.06 bits per heavy atom. The first-order valence-electron chi connectivity index (χ1n) is 6.53. The first-order chi connectivity index (χ1) is 7.68. The highest BCUT2D eigenvalue weighted by Gasteiger charge is 2.46. The molecule has 0 spiro atoms. The van der Waals surface area contributed by atoms with Gasteiger partial charge in [-0.15, -0.1) is 0 Å². The van der Waals surface area contributed by atoms with Crippen LogP contribution in [0.15, 0.2) is 5.10 Å². The molecule has 17 heavy (non-hydrogen) atoms. The van der Waals surface area contributed by atoms with Crippen molar-refractivity contribution in [1.29, 1.82) is 0 Å². The van der Waals surface area contributed by atoms with Crippen LogP contribution >= 0.6 is 0 Å². The van der Waals surface area contributed by atoms with Gasteiger partial charge in [0.05, 0.1) is 17.7 Å².